The van der Waals surface area contributed by atoms with Crippen molar-refractivity contribution in [1.29, 1.82) is 0 Å². The van der Waals surface area contributed by atoms with Crippen molar-refractivity contribution in [3.63, 3.8) is 0 Å². The highest BCUT2D eigenvalue weighted by molar-refractivity contribution is 5.97. The van der Waals surface area contributed by atoms with Gasteiger partial charge >= 0.3 is 5.97 Å². The Morgan fingerprint density at radius 1 is 1.30 bits per heavy atom. The number of ether oxygens (including phenoxy) is 1. The molecule has 0 bridgehead atoms. The Balaban J connectivity index is 0.00000729. The molecule has 0 aliphatic carbocycles. The van der Waals surface area contributed by atoms with E-state index in [2.05, 4.69) is 15.6 Å². The van der Waals surface area contributed by atoms with Gasteiger partial charge in [0.25, 0.3) is 0 Å². The minimum atomic E-state index is -0.257. The van der Waals surface area contributed by atoms with E-state index in [4.69, 9.17) is 4.74 Å². The monoisotopic (exact) mass is 380 g/mol. The predicted octanol–water partition coefficient (Wildman–Crippen LogP) is 2.09. The van der Waals surface area contributed by atoms with Crippen molar-refractivity contribution in [2.75, 3.05) is 13.2 Å². The van der Waals surface area contributed by atoms with Gasteiger partial charge in [0, 0.05) is 26.7 Å². The minimum Gasteiger partial charge on any atom is -0.465 e. The number of allylic oxidation sites excluding steroid dienone is 1. The number of nitrogens with one attached hydrogen (secondary N) is 1. The molecule has 27 heavy (non-hydrogen) atoms. The van der Waals surface area contributed by atoms with Crippen molar-refractivity contribution in [2.45, 2.75) is 59.4 Å². The summed E-state index contributed by atoms with van der Waals surface area (Å²) in [5.41, 5.74) is 0.852. The normalized spacial score (nSPS) is 11.1. The number of carbonyl (C=O) groups excluding carboxylic acids is 3. The molecule has 8 heteroatoms. The second-order valence-electron chi connectivity index (χ2n) is 6.70. The van der Waals surface area contributed by atoms with Crippen molar-refractivity contribution >= 4 is 17.7 Å². The van der Waals surface area contributed by atoms with Crippen LogP contribution in [0.25, 0.3) is 0 Å². The summed E-state index contributed by atoms with van der Waals surface area (Å²) in [6.07, 6.45) is 7.46. The number of aryl methyl sites for hydroxylation is 2. The number of hydrogen-bond acceptors (Lipinski definition) is 6. The van der Waals surface area contributed by atoms with Crippen molar-refractivity contribution in [3.8, 4) is 0 Å². The molecule has 0 aromatic carbocycles. The highest BCUT2D eigenvalue weighted by Gasteiger charge is 2.07. The lowest BCUT2D eigenvalue weighted by atomic mass is 10.2. The van der Waals surface area contributed by atoms with Crippen LogP contribution in [0.4, 0.5) is 0 Å². The Kier molecular flexibility index (Phi) is 10.7. The predicted molar refractivity (Wildman–Crippen MR) is 103 cm³/mol. The number of amides is 1. The van der Waals surface area contributed by atoms with Gasteiger partial charge in [0.05, 0.1) is 25.3 Å². The molecule has 8 nitrogen and oxygen atoms in total. The molecule has 1 rings (SSSR count). The standard InChI is InChI=1S/C19H30N4O4.H2/c1-4-17(24)8-9-18(25)20-11-6-5-7-16-13-23(22-21-16)12-10-19(26)27-14-15(2)3;/h8-9,13,15H,4-7,10-12,14H2,1-3H3,(H,20,25);1H/b9-8+;. The van der Waals surface area contributed by atoms with Crippen LogP contribution in [0.15, 0.2) is 18.3 Å². The number of carbonyl (C=O) groups is 3. The zero-order chi connectivity index (χ0) is 20.1. The van der Waals surface area contributed by atoms with Crippen LogP contribution >= 0.6 is 0 Å². The number of nitrogens with zero attached hydrogens (tertiary/aromatic N) is 3. The van der Waals surface area contributed by atoms with Crippen LogP contribution < -0.4 is 5.32 Å². The summed E-state index contributed by atoms with van der Waals surface area (Å²) in [7, 11) is 0. The van der Waals surface area contributed by atoms with Gasteiger partial charge in [-0.3, -0.25) is 19.1 Å². The third-order valence-electron chi connectivity index (χ3n) is 3.64. The molecule has 0 radical (unpaired) electrons. The molecule has 1 amide bonds. The largest absolute Gasteiger partial charge is 0.465 e. The van der Waals surface area contributed by atoms with Crippen LogP contribution in [-0.2, 0) is 32.1 Å². The molecule has 0 saturated carbocycles. The van der Waals surface area contributed by atoms with Gasteiger partial charge < -0.3 is 10.1 Å². The molecular formula is C19H32N4O4. The van der Waals surface area contributed by atoms with Crippen molar-refractivity contribution < 1.29 is 20.5 Å². The van der Waals surface area contributed by atoms with Gasteiger partial charge in [-0.1, -0.05) is 26.0 Å². The highest BCUT2D eigenvalue weighted by Crippen LogP contribution is 2.02. The lowest BCUT2D eigenvalue weighted by Gasteiger charge is -2.06. The quantitative estimate of drug-likeness (QED) is 0.319. The van der Waals surface area contributed by atoms with E-state index in [1.807, 2.05) is 20.0 Å². The summed E-state index contributed by atoms with van der Waals surface area (Å²) in [5.74, 6) is -0.230. The van der Waals surface area contributed by atoms with E-state index in [9.17, 15) is 14.4 Å². The zero-order valence-corrected chi connectivity index (χ0v) is 16.4. The van der Waals surface area contributed by atoms with Crippen LogP contribution in [0.5, 0.6) is 0 Å². The van der Waals surface area contributed by atoms with E-state index >= 15 is 0 Å². The summed E-state index contributed by atoms with van der Waals surface area (Å²) >= 11 is 0. The molecular weight excluding hydrogens is 348 g/mol. The third-order valence-corrected chi connectivity index (χ3v) is 3.64. The molecule has 0 aliphatic rings. The summed E-state index contributed by atoms with van der Waals surface area (Å²) in [6, 6.07) is 0. The number of unbranched alkanes of at least 4 members (excludes halogenated alkanes) is 1. The highest BCUT2D eigenvalue weighted by atomic mass is 16.5. The van der Waals surface area contributed by atoms with Crippen LogP contribution in [0, 0.1) is 5.92 Å². The van der Waals surface area contributed by atoms with Gasteiger partial charge in [0.2, 0.25) is 5.91 Å². The van der Waals surface area contributed by atoms with Gasteiger partial charge in [0.15, 0.2) is 5.78 Å². The van der Waals surface area contributed by atoms with Crippen molar-refractivity contribution in [1.82, 2.24) is 20.3 Å². The Labute approximate surface area is 161 Å². The summed E-state index contributed by atoms with van der Waals surface area (Å²) in [4.78, 5) is 34.2. The molecule has 0 unspecified atom stereocenters. The number of hydrogen-bond donors (Lipinski definition) is 1. The Morgan fingerprint density at radius 3 is 2.78 bits per heavy atom. The number of esters is 1. The first kappa shape index (κ1) is 22.5. The molecule has 1 N–H and O–H groups in total. The number of ketones is 1. The summed E-state index contributed by atoms with van der Waals surface area (Å²) in [6.45, 7) is 7.16. The molecule has 0 atom stereocenters. The first-order valence-electron chi connectivity index (χ1n) is 9.44. The summed E-state index contributed by atoms with van der Waals surface area (Å²) in [5, 5.41) is 10.8. The zero-order valence-electron chi connectivity index (χ0n) is 16.4. The Bertz CT molecular complexity index is 644. The topological polar surface area (TPSA) is 103 Å². The molecule has 0 spiro atoms. The van der Waals surface area contributed by atoms with Crippen molar-refractivity contribution in [3.05, 3.63) is 24.0 Å². The lowest BCUT2D eigenvalue weighted by molar-refractivity contribution is -0.145. The van der Waals surface area contributed by atoms with E-state index in [1.54, 1.807) is 11.6 Å². The molecule has 1 heterocycles. The van der Waals surface area contributed by atoms with E-state index in [1.165, 1.54) is 12.2 Å². The first-order chi connectivity index (χ1) is 12.9. The second kappa shape index (κ2) is 12.8. The average Bonchev–Trinajstić information content (AvgIpc) is 3.10. The van der Waals surface area contributed by atoms with Crippen LogP contribution in [0.1, 0.15) is 53.6 Å². The van der Waals surface area contributed by atoms with E-state index in [0.717, 1.165) is 25.0 Å². The molecule has 0 saturated heterocycles. The second-order valence-corrected chi connectivity index (χ2v) is 6.70. The van der Waals surface area contributed by atoms with Crippen LogP contribution in [0.3, 0.4) is 0 Å². The molecule has 0 aliphatic heterocycles. The van der Waals surface area contributed by atoms with Gasteiger partial charge in [0.1, 0.15) is 0 Å². The van der Waals surface area contributed by atoms with E-state index in [0.29, 0.717) is 32.0 Å². The molecule has 1 aromatic rings. The maximum atomic E-state index is 11.6. The van der Waals surface area contributed by atoms with E-state index < -0.39 is 0 Å². The SMILES string of the molecule is CCC(=O)/C=C/C(=O)NCCCCc1cn(CCC(=O)OCC(C)C)nn1.[HH]. The fraction of sp³-hybridized carbons (Fsp3) is 0.632. The fourth-order valence-corrected chi connectivity index (χ4v) is 2.09. The maximum Gasteiger partial charge on any atom is 0.307 e. The Morgan fingerprint density at radius 2 is 2.07 bits per heavy atom. The molecule has 0 fully saturated rings. The third kappa shape index (κ3) is 10.9. The van der Waals surface area contributed by atoms with Gasteiger partial charge in [-0.25, -0.2) is 0 Å². The lowest BCUT2D eigenvalue weighted by Crippen LogP contribution is -2.22. The van der Waals surface area contributed by atoms with Gasteiger partial charge in [-0.15, -0.1) is 5.10 Å². The molecule has 1 aromatic heterocycles. The Hall–Kier alpha value is -2.51. The van der Waals surface area contributed by atoms with E-state index in [-0.39, 0.29) is 25.5 Å². The number of rotatable bonds is 13. The van der Waals surface area contributed by atoms with Gasteiger partial charge in [-0.05, 0) is 31.3 Å². The van der Waals surface area contributed by atoms with Crippen LogP contribution in [0.2, 0.25) is 0 Å². The van der Waals surface area contributed by atoms with Crippen LogP contribution in [-0.4, -0.2) is 45.8 Å². The molecule has 152 valence electrons. The fourth-order valence-electron chi connectivity index (χ4n) is 2.09. The average molecular weight is 380 g/mol. The smallest absolute Gasteiger partial charge is 0.307 e. The first-order valence-corrected chi connectivity index (χ1v) is 9.44. The van der Waals surface area contributed by atoms with Gasteiger partial charge in [-0.2, -0.15) is 0 Å². The summed E-state index contributed by atoms with van der Waals surface area (Å²) < 4.78 is 6.76. The number of aromatic nitrogens is 3. The van der Waals surface area contributed by atoms with Crippen molar-refractivity contribution in [2.24, 2.45) is 5.92 Å². The minimum absolute atomic E-state index is 0. The maximum absolute atomic E-state index is 11.6.